The summed E-state index contributed by atoms with van der Waals surface area (Å²) in [7, 11) is 0. The molecule has 13 heteroatoms. The lowest BCUT2D eigenvalue weighted by molar-refractivity contribution is -0.137. The second kappa shape index (κ2) is 8.96. The zero-order chi connectivity index (χ0) is 26.5. The summed E-state index contributed by atoms with van der Waals surface area (Å²) in [5, 5.41) is 12.8. The van der Waals surface area contributed by atoms with E-state index in [0.29, 0.717) is 12.1 Å². The van der Waals surface area contributed by atoms with Gasteiger partial charge in [-0.2, -0.15) is 13.2 Å². The summed E-state index contributed by atoms with van der Waals surface area (Å²) in [6, 6.07) is 6.80. The molecule has 2 N–H and O–H groups in total. The average molecular weight is 534 g/mol. The molecule has 3 aromatic carbocycles. The number of carbonyl (C=O) groups excluding carboxylic acids is 2. The summed E-state index contributed by atoms with van der Waals surface area (Å²) in [6.07, 6.45) is -2.06. The lowest BCUT2D eigenvalue weighted by atomic mass is 9.95. The van der Waals surface area contributed by atoms with Gasteiger partial charge in [-0.1, -0.05) is 16.8 Å². The third-order valence-corrected chi connectivity index (χ3v) is 6.01. The first-order valence-electron chi connectivity index (χ1n) is 10.5. The molecule has 7 nitrogen and oxygen atoms in total. The van der Waals surface area contributed by atoms with Gasteiger partial charge in [0.2, 0.25) is 0 Å². The number of fused-ring (bicyclic) bond motifs is 1. The quantitative estimate of drug-likeness (QED) is 0.348. The lowest BCUT2D eigenvalue weighted by Crippen LogP contribution is -2.21. The van der Waals surface area contributed by atoms with Crippen LogP contribution in [0.2, 0.25) is 5.02 Å². The van der Waals surface area contributed by atoms with Crippen LogP contribution in [0.15, 0.2) is 60.9 Å². The Bertz CT molecular complexity index is 1560. The molecule has 1 aliphatic rings. The van der Waals surface area contributed by atoms with Gasteiger partial charge in [-0.3, -0.25) is 9.59 Å². The van der Waals surface area contributed by atoms with E-state index in [2.05, 4.69) is 20.9 Å². The predicted octanol–water partition coefficient (Wildman–Crippen LogP) is 5.30. The highest BCUT2D eigenvalue weighted by molar-refractivity contribution is 6.31. The minimum Gasteiger partial charge on any atom is -0.341 e. The van der Waals surface area contributed by atoms with E-state index in [1.54, 1.807) is 0 Å². The number of nitrogens with zero attached hydrogens (tertiary/aromatic N) is 3. The SMILES string of the molecule is O=C(Nc1cc(-n2ccnn2)cc2c1C(c1cc(F)ccc1Cl)NC2=O)c1cc(F)cc(C(F)(F)F)c1. The van der Waals surface area contributed by atoms with Crippen LogP contribution in [0, 0.1) is 11.6 Å². The van der Waals surface area contributed by atoms with Gasteiger partial charge in [0.05, 0.1) is 29.7 Å². The summed E-state index contributed by atoms with van der Waals surface area (Å²) < 4.78 is 68.8. The molecule has 37 heavy (non-hydrogen) atoms. The van der Waals surface area contributed by atoms with Crippen molar-refractivity contribution in [3.05, 3.63) is 105 Å². The molecule has 1 aliphatic heterocycles. The topological polar surface area (TPSA) is 88.9 Å². The van der Waals surface area contributed by atoms with Gasteiger partial charge in [-0.25, -0.2) is 13.5 Å². The normalized spacial score (nSPS) is 14.9. The van der Waals surface area contributed by atoms with Gasteiger partial charge in [0.15, 0.2) is 0 Å². The van der Waals surface area contributed by atoms with E-state index in [-0.39, 0.29) is 39.2 Å². The summed E-state index contributed by atoms with van der Waals surface area (Å²) >= 11 is 6.26. The van der Waals surface area contributed by atoms with Crippen molar-refractivity contribution in [3.8, 4) is 5.69 Å². The Hall–Kier alpha value is -4.32. The standard InChI is InChI=1S/C24H13ClF5N5O2/c25-18-2-1-13(26)8-16(18)21-20-17(23(37)33-21)9-15(35-4-3-31-34-35)10-19(20)32-22(36)11-5-12(24(28,29)30)7-14(27)6-11/h1-10,21H,(H,32,36)(H,33,37). The predicted molar refractivity (Wildman–Crippen MR) is 121 cm³/mol. The van der Waals surface area contributed by atoms with Crippen molar-refractivity contribution in [1.82, 2.24) is 20.3 Å². The van der Waals surface area contributed by atoms with Crippen molar-refractivity contribution in [2.45, 2.75) is 12.2 Å². The van der Waals surface area contributed by atoms with Crippen LogP contribution in [0.5, 0.6) is 0 Å². The first-order chi connectivity index (χ1) is 17.5. The zero-order valence-corrected chi connectivity index (χ0v) is 19.0. The number of rotatable bonds is 4. The second-order valence-corrected chi connectivity index (χ2v) is 8.46. The summed E-state index contributed by atoms with van der Waals surface area (Å²) in [4.78, 5) is 25.9. The Balaban J connectivity index is 1.65. The molecule has 0 radical (unpaired) electrons. The Morgan fingerprint density at radius 1 is 1.05 bits per heavy atom. The number of alkyl halides is 3. The van der Waals surface area contributed by atoms with Gasteiger partial charge < -0.3 is 10.6 Å². The Labute approximate surface area is 209 Å². The van der Waals surface area contributed by atoms with Gasteiger partial charge in [0.25, 0.3) is 11.8 Å². The fourth-order valence-corrected chi connectivity index (χ4v) is 4.27. The summed E-state index contributed by atoms with van der Waals surface area (Å²) in [6.45, 7) is 0. The fourth-order valence-electron chi connectivity index (χ4n) is 4.05. The molecule has 0 bridgehead atoms. The smallest absolute Gasteiger partial charge is 0.341 e. The van der Waals surface area contributed by atoms with Crippen LogP contribution in [0.4, 0.5) is 27.6 Å². The van der Waals surface area contributed by atoms with Gasteiger partial charge in [0.1, 0.15) is 11.6 Å². The molecule has 1 aromatic heterocycles. The third-order valence-electron chi connectivity index (χ3n) is 5.67. The third kappa shape index (κ3) is 4.62. The first kappa shape index (κ1) is 24.4. The van der Waals surface area contributed by atoms with E-state index in [1.807, 2.05) is 0 Å². The van der Waals surface area contributed by atoms with E-state index in [9.17, 15) is 31.5 Å². The number of nitrogens with one attached hydrogen (secondary N) is 2. The van der Waals surface area contributed by atoms with Crippen LogP contribution < -0.4 is 10.6 Å². The first-order valence-corrected chi connectivity index (χ1v) is 10.9. The van der Waals surface area contributed by atoms with Crippen LogP contribution >= 0.6 is 11.6 Å². The average Bonchev–Trinajstić information content (AvgIpc) is 3.48. The van der Waals surface area contributed by atoms with E-state index >= 15 is 0 Å². The molecule has 2 amide bonds. The highest BCUT2D eigenvalue weighted by Crippen LogP contribution is 2.41. The van der Waals surface area contributed by atoms with E-state index in [0.717, 1.165) is 12.1 Å². The van der Waals surface area contributed by atoms with Gasteiger partial charge in [0, 0.05) is 33.0 Å². The minimum absolute atomic E-state index is 0.0190. The number of amides is 2. The molecule has 0 saturated heterocycles. The summed E-state index contributed by atoms with van der Waals surface area (Å²) in [5.74, 6) is -3.55. The van der Waals surface area contributed by atoms with Crippen molar-refractivity contribution in [3.63, 3.8) is 0 Å². The number of hydrogen-bond acceptors (Lipinski definition) is 4. The largest absolute Gasteiger partial charge is 0.416 e. The molecular weight excluding hydrogens is 521 g/mol. The van der Waals surface area contributed by atoms with Gasteiger partial charge in [-0.15, -0.1) is 5.10 Å². The maximum atomic E-state index is 14.0. The van der Waals surface area contributed by atoms with E-state index < -0.39 is 46.8 Å². The van der Waals surface area contributed by atoms with Crippen LogP contribution in [0.25, 0.3) is 5.69 Å². The van der Waals surface area contributed by atoms with Gasteiger partial charge in [-0.05, 0) is 48.5 Å². The van der Waals surface area contributed by atoms with Crippen molar-refractivity contribution >= 4 is 29.1 Å². The number of halogens is 6. The minimum atomic E-state index is -4.89. The van der Waals surface area contributed by atoms with Crippen LogP contribution in [-0.2, 0) is 6.18 Å². The van der Waals surface area contributed by atoms with Crippen molar-refractivity contribution in [1.29, 1.82) is 0 Å². The highest BCUT2D eigenvalue weighted by Gasteiger charge is 2.36. The van der Waals surface area contributed by atoms with Crippen LogP contribution in [0.3, 0.4) is 0 Å². The van der Waals surface area contributed by atoms with E-state index in [4.69, 9.17) is 11.6 Å². The molecule has 0 spiro atoms. The monoisotopic (exact) mass is 533 g/mol. The molecule has 188 valence electrons. The number of anilines is 1. The molecular formula is C24H13ClF5N5O2. The number of hydrogen-bond donors (Lipinski definition) is 2. The molecule has 5 rings (SSSR count). The molecule has 2 heterocycles. The maximum Gasteiger partial charge on any atom is 0.416 e. The lowest BCUT2D eigenvalue weighted by Gasteiger charge is -2.19. The van der Waals surface area contributed by atoms with Crippen LogP contribution in [0.1, 0.15) is 43.4 Å². The van der Waals surface area contributed by atoms with Crippen LogP contribution in [-0.4, -0.2) is 26.8 Å². The van der Waals surface area contributed by atoms with Gasteiger partial charge >= 0.3 is 6.18 Å². The Morgan fingerprint density at radius 3 is 2.54 bits per heavy atom. The zero-order valence-electron chi connectivity index (χ0n) is 18.3. The molecule has 4 aromatic rings. The molecule has 0 fully saturated rings. The molecule has 0 aliphatic carbocycles. The molecule has 0 saturated carbocycles. The Morgan fingerprint density at radius 2 is 1.84 bits per heavy atom. The van der Waals surface area contributed by atoms with E-state index in [1.165, 1.54) is 35.3 Å². The van der Waals surface area contributed by atoms with Crippen molar-refractivity contribution in [2.24, 2.45) is 0 Å². The van der Waals surface area contributed by atoms with Crippen molar-refractivity contribution in [2.75, 3.05) is 5.32 Å². The highest BCUT2D eigenvalue weighted by atomic mass is 35.5. The number of benzene rings is 3. The van der Waals surface area contributed by atoms with Crippen molar-refractivity contribution < 1.29 is 31.5 Å². The number of aromatic nitrogens is 3. The summed E-state index contributed by atoms with van der Waals surface area (Å²) in [5.41, 5.74) is -1.25. The molecule has 1 atom stereocenters. The second-order valence-electron chi connectivity index (χ2n) is 8.05. The Kier molecular flexibility index (Phi) is 5.91. The number of carbonyl (C=O) groups is 2. The maximum absolute atomic E-state index is 14.0. The molecule has 1 unspecified atom stereocenters. The fraction of sp³-hybridized carbons (Fsp3) is 0.0833.